The molecule has 186 valence electrons. The molecule has 0 saturated heterocycles. The molecular weight excluding hydrogens is 511 g/mol. The summed E-state index contributed by atoms with van der Waals surface area (Å²) in [6.07, 6.45) is 0. The highest BCUT2D eigenvalue weighted by Crippen LogP contribution is 2.31. The van der Waals surface area contributed by atoms with Gasteiger partial charge in [0.25, 0.3) is 10.0 Å². The van der Waals surface area contributed by atoms with Crippen LogP contribution in [0.15, 0.2) is 71.6 Å². The molecule has 0 unspecified atom stereocenters. The van der Waals surface area contributed by atoms with Crippen molar-refractivity contribution in [1.29, 1.82) is 0 Å². The largest absolute Gasteiger partial charge is 0.490 e. The van der Waals surface area contributed by atoms with E-state index in [0.29, 0.717) is 24.7 Å². The Morgan fingerprint density at radius 3 is 2.23 bits per heavy atom. The normalized spacial score (nSPS) is 11.1. The average Bonchev–Trinajstić information content (AvgIpc) is 2.85. The van der Waals surface area contributed by atoms with Gasteiger partial charge in [0.2, 0.25) is 5.91 Å². The monoisotopic (exact) mass is 536 g/mol. The van der Waals surface area contributed by atoms with Crippen molar-refractivity contribution in [2.75, 3.05) is 24.1 Å². The van der Waals surface area contributed by atoms with Gasteiger partial charge in [-0.15, -0.1) is 0 Å². The molecule has 0 fully saturated rings. The van der Waals surface area contributed by atoms with E-state index in [4.69, 9.17) is 32.7 Å². The fourth-order valence-corrected chi connectivity index (χ4v) is 4.99. The van der Waals surface area contributed by atoms with Gasteiger partial charge in [-0.25, -0.2) is 8.42 Å². The summed E-state index contributed by atoms with van der Waals surface area (Å²) < 4.78 is 39.0. The van der Waals surface area contributed by atoms with Crippen LogP contribution < -0.4 is 19.1 Å². The number of nitrogens with one attached hydrogen (secondary N) is 1. The van der Waals surface area contributed by atoms with Crippen molar-refractivity contribution >= 4 is 44.8 Å². The fraction of sp³-hybridized carbons (Fsp3) is 0.240. The predicted octanol–water partition coefficient (Wildman–Crippen LogP) is 5.30. The van der Waals surface area contributed by atoms with Crippen LogP contribution in [0.1, 0.15) is 19.4 Å². The van der Waals surface area contributed by atoms with E-state index in [1.165, 1.54) is 30.3 Å². The lowest BCUT2D eigenvalue weighted by molar-refractivity contribution is -0.119. The van der Waals surface area contributed by atoms with Gasteiger partial charge in [0.05, 0.1) is 33.8 Å². The van der Waals surface area contributed by atoms with E-state index >= 15 is 0 Å². The van der Waals surface area contributed by atoms with Crippen molar-refractivity contribution in [2.24, 2.45) is 0 Å². The molecule has 3 aromatic rings. The Morgan fingerprint density at radius 1 is 0.886 bits per heavy atom. The van der Waals surface area contributed by atoms with E-state index in [9.17, 15) is 13.2 Å². The first-order valence-electron chi connectivity index (χ1n) is 10.9. The number of amides is 1. The first-order valence-corrected chi connectivity index (χ1v) is 13.1. The molecule has 3 aromatic carbocycles. The maximum absolute atomic E-state index is 13.4. The molecular formula is C25H26Cl2N2O5S. The van der Waals surface area contributed by atoms with Crippen molar-refractivity contribution in [3.8, 4) is 11.5 Å². The lowest BCUT2D eigenvalue weighted by Gasteiger charge is -2.24. The Hall–Kier alpha value is -2.94. The second kappa shape index (κ2) is 12.2. The maximum Gasteiger partial charge on any atom is 0.264 e. The van der Waals surface area contributed by atoms with Crippen LogP contribution in [0.3, 0.4) is 0 Å². The van der Waals surface area contributed by atoms with Gasteiger partial charge in [-0.1, -0.05) is 47.5 Å². The van der Waals surface area contributed by atoms with Gasteiger partial charge in [0.1, 0.15) is 6.54 Å². The number of hydrogen-bond donors (Lipinski definition) is 1. The summed E-state index contributed by atoms with van der Waals surface area (Å²) in [6.45, 7) is 4.43. The molecule has 0 bridgehead atoms. The standard InChI is InChI=1S/C25H26Cl2N2O5S/c1-3-33-23-13-10-18(14-24(23)34-4-2)16-28-25(30)17-29(19-11-12-21(26)22(27)15-19)35(31,32)20-8-6-5-7-9-20/h5-15H,3-4,16-17H2,1-2H3,(H,28,30). The lowest BCUT2D eigenvalue weighted by Crippen LogP contribution is -2.40. The van der Waals surface area contributed by atoms with E-state index in [0.717, 1.165) is 9.87 Å². The van der Waals surface area contributed by atoms with Crippen LogP contribution in [0.4, 0.5) is 5.69 Å². The quantitative estimate of drug-likeness (QED) is 0.359. The minimum atomic E-state index is -4.05. The van der Waals surface area contributed by atoms with E-state index in [2.05, 4.69) is 5.32 Å². The molecule has 1 N–H and O–H groups in total. The third-order valence-corrected chi connectivity index (χ3v) is 7.43. The number of rotatable bonds is 11. The zero-order valence-electron chi connectivity index (χ0n) is 19.3. The van der Waals surface area contributed by atoms with E-state index in [1.54, 1.807) is 30.3 Å². The van der Waals surface area contributed by atoms with Gasteiger partial charge in [0, 0.05) is 6.54 Å². The third-order valence-electron chi connectivity index (χ3n) is 4.91. The Balaban J connectivity index is 1.82. The van der Waals surface area contributed by atoms with Gasteiger partial charge in [0.15, 0.2) is 11.5 Å². The Morgan fingerprint density at radius 2 is 1.57 bits per heavy atom. The molecule has 0 aliphatic carbocycles. The molecule has 3 rings (SSSR count). The zero-order valence-corrected chi connectivity index (χ0v) is 21.7. The second-order valence-electron chi connectivity index (χ2n) is 7.35. The maximum atomic E-state index is 13.4. The van der Waals surface area contributed by atoms with Gasteiger partial charge < -0.3 is 14.8 Å². The molecule has 7 nitrogen and oxygen atoms in total. The molecule has 35 heavy (non-hydrogen) atoms. The van der Waals surface area contributed by atoms with E-state index in [1.807, 2.05) is 19.9 Å². The topological polar surface area (TPSA) is 84.9 Å². The molecule has 0 aromatic heterocycles. The van der Waals surface area contributed by atoms with E-state index in [-0.39, 0.29) is 27.2 Å². The van der Waals surface area contributed by atoms with Crippen LogP contribution in [0.5, 0.6) is 11.5 Å². The van der Waals surface area contributed by atoms with Crippen LogP contribution in [-0.4, -0.2) is 34.1 Å². The highest BCUT2D eigenvalue weighted by atomic mass is 35.5. The summed E-state index contributed by atoms with van der Waals surface area (Å²) >= 11 is 12.1. The number of benzene rings is 3. The number of sulfonamides is 1. The molecule has 0 spiro atoms. The number of anilines is 1. The highest BCUT2D eigenvalue weighted by Gasteiger charge is 2.27. The Labute approximate surface area is 215 Å². The predicted molar refractivity (Wildman–Crippen MR) is 138 cm³/mol. The van der Waals surface area contributed by atoms with Crippen LogP contribution in [-0.2, 0) is 21.4 Å². The van der Waals surface area contributed by atoms with Crippen LogP contribution in [0.25, 0.3) is 0 Å². The number of carbonyl (C=O) groups excluding carboxylic acids is 1. The third kappa shape index (κ3) is 6.81. The summed E-state index contributed by atoms with van der Waals surface area (Å²) in [5.74, 6) is 0.691. The summed E-state index contributed by atoms with van der Waals surface area (Å²) in [5.41, 5.74) is 0.996. The van der Waals surface area contributed by atoms with Crippen molar-refractivity contribution < 1.29 is 22.7 Å². The first kappa shape index (κ1) is 26.7. The number of carbonyl (C=O) groups is 1. The molecule has 0 aliphatic rings. The average molecular weight is 537 g/mol. The SMILES string of the molecule is CCOc1ccc(CNC(=O)CN(c2ccc(Cl)c(Cl)c2)S(=O)(=O)c2ccccc2)cc1OCC. The van der Waals surface area contributed by atoms with Crippen molar-refractivity contribution in [1.82, 2.24) is 5.32 Å². The minimum Gasteiger partial charge on any atom is -0.490 e. The Kier molecular flexibility index (Phi) is 9.26. The molecule has 0 aliphatic heterocycles. The number of ether oxygens (including phenoxy) is 2. The molecule has 0 saturated carbocycles. The van der Waals surface area contributed by atoms with E-state index < -0.39 is 22.5 Å². The highest BCUT2D eigenvalue weighted by molar-refractivity contribution is 7.92. The summed E-state index contributed by atoms with van der Waals surface area (Å²) in [6, 6.07) is 17.6. The van der Waals surface area contributed by atoms with Crippen LogP contribution >= 0.6 is 23.2 Å². The smallest absolute Gasteiger partial charge is 0.264 e. The zero-order chi connectivity index (χ0) is 25.4. The molecule has 10 heteroatoms. The first-order chi connectivity index (χ1) is 16.8. The minimum absolute atomic E-state index is 0.0479. The Bertz CT molecular complexity index is 1270. The molecule has 1 amide bonds. The van der Waals surface area contributed by atoms with Crippen molar-refractivity contribution in [3.05, 3.63) is 82.3 Å². The number of hydrogen-bond acceptors (Lipinski definition) is 5. The molecule has 0 heterocycles. The molecule has 0 radical (unpaired) electrons. The van der Waals surface area contributed by atoms with Gasteiger partial charge in [-0.2, -0.15) is 0 Å². The number of halogens is 2. The summed E-state index contributed by atoms with van der Waals surface area (Å²) in [7, 11) is -4.05. The number of nitrogens with zero attached hydrogens (tertiary/aromatic N) is 1. The van der Waals surface area contributed by atoms with Crippen LogP contribution in [0, 0.1) is 0 Å². The van der Waals surface area contributed by atoms with Gasteiger partial charge >= 0.3 is 0 Å². The second-order valence-corrected chi connectivity index (χ2v) is 10.0. The summed E-state index contributed by atoms with van der Waals surface area (Å²) in [5, 5.41) is 3.22. The summed E-state index contributed by atoms with van der Waals surface area (Å²) in [4.78, 5) is 12.9. The van der Waals surface area contributed by atoms with Gasteiger partial charge in [-0.05, 0) is 61.9 Å². The van der Waals surface area contributed by atoms with Crippen molar-refractivity contribution in [2.45, 2.75) is 25.3 Å². The van der Waals surface area contributed by atoms with Crippen molar-refractivity contribution in [3.63, 3.8) is 0 Å². The fourth-order valence-electron chi connectivity index (χ4n) is 3.27. The lowest BCUT2D eigenvalue weighted by atomic mass is 10.2. The van der Waals surface area contributed by atoms with Crippen LogP contribution in [0.2, 0.25) is 10.0 Å². The molecule has 0 atom stereocenters. The van der Waals surface area contributed by atoms with Gasteiger partial charge in [-0.3, -0.25) is 9.10 Å².